The van der Waals surface area contributed by atoms with Crippen molar-refractivity contribution in [3.05, 3.63) is 76.0 Å². The maximum absolute atomic E-state index is 13.5. The summed E-state index contributed by atoms with van der Waals surface area (Å²) in [6.45, 7) is 6.07. The van der Waals surface area contributed by atoms with Crippen molar-refractivity contribution in [2.75, 3.05) is 18.9 Å². The molecule has 0 aliphatic carbocycles. The standard InChI is InChI=1S/C25H27ClN4O3/c1-14(2)16-9-11-17(12-10-16)27-23(31)15(3)30-13-20-21(24(30)32)22(28-25(33)29(20)4)18-7-5-6-8-19(18)26/h5-12,14-15,22H,13H2,1-4H3,(H,27,31)(H,28,33)/t15-,22+/m0/s1. The molecule has 0 aromatic heterocycles. The van der Waals surface area contributed by atoms with E-state index in [1.54, 1.807) is 32.2 Å². The second kappa shape index (κ2) is 8.90. The lowest BCUT2D eigenvalue weighted by Crippen LogP contribution is -2.45. The Morgan fingerprint density at radius 2 is 1.76 bits per heavy atom. The monoisotopic (exact) mass is 466 g/mol. The summed E-state index contributed by atoms with van der Waals surface area (Å²) in [5, 5.41) is 6.21. The highest BCUT2D eigenvalue weighted by Gasteiger charge is 2.45. The van der Waals surface area contributed by atoms with Gasteiger partial charge in [-0.15, -0.1) is 0 Å². The largest absolute Gasteiger partial charge is 0.326 e. The highest BCUT2D eigenvalue weighted by molar-refractivity contribution is 6.31. The van der Waals surface area contributed by atoms with Crippen molar-refractivity contribution in [3.63, 3.8) is 0 Å². The van der Waals surface area contributed by atoms with Crippen molar-refractivity contribution in [2.45, 2.75) is 38.8 Å². The van der Waals surface area contributed by atoms with E-state index in [0.29, 0.717) is 33.5 Å². The van der Waals surface area contributed by atoms with E-state index in [4.69, 9.17) is 11.6 Å². The minimum Gasteiger partial charge on any atom is -0.326 e. The molecule has 7 nitrogen and oxygen atoms in total. The zero-order valence-electron chi connectivity index (χ0n) is 19.1. The molecule has 0 fully saturated rings. The summed E-state index contributed by atoms with van der Waals surface area (Å²) in [5.41, 5.74) is 3.51. The van der Waals surface area contributed by atoms with Crippen molar-refractivity contribution in [3.8, 4) is 0 Å². The zero-order valence-corrected chi connectivity index (χ0v) is 19.8. The molecule has 172 valence electrons. The molecule has 8 heteroatoms. The van der Waals surface area contributed by atoms with Crippen LogP contribution in [0.1, 0.15) is 43.9 Å². The minimum absolute atomic E-state index is 0.167. The number of anilines is 1. The van der Waals surface area contributed by atoms with Gasteiger partial charge in [-0.25, -0.2) is 4.79 Å². The molecular weight excluding hydrogens is 440 g/mol. The van der Waals surface area contributed by atoms with Crippen LogP contribution in [0.3, 0.4) is 0 Å². The molecule has 0 spiro atoms. The first-order chi connectivity index (χ1) is 15.7. The van der Waals surface area contributed by atoms with Gasteiger partial charge in [0.25, 0.3) is 5.91 Å². The van der Waals surface area contributed by atoms with Crippen molar-refractivity contribution in [1.29, 1.82) is 0 Å². The van der Waals surface area contributed by atoms with Gasteiger partial charge in [-0.3, -0.25) is 14.5 Å². The first kappa shape index (κ1) is 22.9. The highest BCUT2D eigenvalue weighted by Crippen LogP contribution is 2.38. The number of halogens is 1. The Morgan fingerprint density at radius 3 is 2.39 bits per heavy atom. The SMILES string of the molecule is CC(C)c1ccc(NC(=O)[C@H](C)N2CC3=C(C2=O)[C@@H](c2ccccc2Cl)NC(=O)N3C)cc1. The summed E-state index contributed by atoms with van der Waals surface area (Å²) in [6, 6.07) is 13.1. The number of nitrogens with zero attached hydrogens (tertiary/aromatic N) is 2. The van der Waals surface area contributed by atoms with Gasteiger partial charge in [0.1, 0.15) is 6.04 Å². The molecular formula is C25H27ClN4O3. The summed E-state index contributed by atoms with van der Waals surface area (Å²) >= 11 is 6.37. The molecule has 2 heterocycles. The maximum Gasteiger partial charge on any atom is 0.322 e. The summed E-state index contributed by atoms with van der Waals surface area (Å²) in [7, 11) is 1.62. The topological polar surface area (TPSA) is 81.8 Å². The Balaban J connectivity index is 1.56. The van der Waals surface area contributed by atoms with Crippen LogP contribution in [0.2, 0.25) is 5.02 Å². The van der Waals surface area contributed by atoms with Crippen LogP contribution in [0.4, 0.5) is 10.5 Å². The zero-order chi connectivity index (χ0) is 23.9. The molecule has 2 aliphatic rings. The van der Waals surface area contributed by atoms with Crippen molar-refractivity contribution in [2.24, 2.45) is 0 Å². The normalized spacial score (nSPS) is 19.0. The van der Waals surface area contributed by atoms with Gasteiger partial charge in [-0.2, -0.15) is 0 Å². The van der Waals surface area contributed by atoms with Gasteiger partial charge in [0.15, 0.2) is 0 Å². The number of amides is 4. The van der Waals surface area contributed by atoms with Crippen LogP contribution in [0.15, 0.2) is 59.8 Å². The van der Waals surface area contributed by atoms with Crippen LogP contribution in [0, 0.1) is 0 Å². The third-order valence-corrected chi connectivity index (χ3v) is 6.64. The van der Waals surface area contributed by atoms with E-state index in [-0.39, 0.29) is 24.4 Å². The lowest BCUT2D eigenvalue weighted by atomic mass is 9.95. The smallest absolute Gasteiger partial charge is 0.322 e. The third kappa shape index (κ3) is 4.20. The van der Waals surface area contributed by atoms with E-state index in [1.165, 1.54) is 15.4 Å². The van der Waals surface area contributed by atoms with Crippen molar-refractivity contribution in [1.82, 2.24) is 15.1 Å². The van der Waals surface area contributed by atoms with Gasteiger partial charge in [0, 0.05) is 17.8 Å². The Bertz CT molecular complexity index is 1140. The fourth-order valence-corrected chi connectivity index (χ4v) is 4.43. The minimum atomic E-state index is -0.733. The van der Waals surface area contributed by atoms with Crippen molar-refractivity contribution < 1.29 is 14.4 Å². The van der Waals surface area contributed by atoms with Gasteiger partial charge in [0.05, 0.1) is 23.9 Å². The molecule has 2 aliphatic heterocycles. The number of benzene rings is 2. The molecule has 2 N–H and O–H groups in total. The summed E-state index contributed by atoms with van der Waals surface area (Å²) in [6.07, 6.45) is 0. The number of urea groups is 1. The Kier molecular flexibility index (Phi) is 6.17. The van der Waals surface area contributed by atoms with E-state index >= 15 is 0 Å². The van der Waals surface area contributed by atoms with Crippen LogP contribution in [-0.2, 0) is 9.59 Å². The Hall–Kier alpha value is -3.32. The van der Waals surface area contributed by atoms with E-state index in [2.05, 4.69) is 24.5 Å². The number of carbonyl (C=O) groups is 3. The predicted octanol–water partition coefficient (Wildman–Crippen LogP) is 4.28. The fraction of sp³-hybridized carbons (Fsp3) is 0.320. The molecule has 4 amide bonds. The van der Waals surface area contributed by atoms with Crippen LogP contribution in [-0.4, -0.2) is 47.3 Å². The summed E-state index contributed by atoms with van der Waals surface area (Å²) < 4.78 is 0. The van der Waals surface area contributed by atoms with Crippen molar-refractivity contribution >= 4 is 35.1 Å². The van der Waals surface area contributed by atoms with Crippen LogP contribution in [0.25, 0.3) is 0 Å². The average molecular weight is 467 g/mol. The van der Waals surface area contributed by atoms with E-state index in [0.717, 1.165) is 0 Å². The number of hydrogen-bond acceptors (Lipinski definition) is 3. The van der Waals surface area contributed by atoms with Gasteiger partial charge >= 0.3 is 6.03 Å². The first-order valence-corrected chi connectivity index (χ1v) is 11.3. The molecule has 0 saturated heterocycles. The van der Waals surface area contributed by atoms with Gasteiger partial charge in [-0.05, 0) is 42.2 Å². The predicted molar refractivity (Wildman–Crippen MR) is 128 cm³/mol. The van der Waals surface area contributed by atoms with E-state index < -0.39 is 12.1 Å². The molecule has 2 atom stereocenters. The number of rotatable bonds is 5. The highest BCUT2D eigenvalue weighted by atomic mass is 35.5. The molecule has 0 bridgehead atoms. The number of hydrogen-bond donors (Lipinski definition) is 2. The lowest BCUT2D eigenvalue weighted by molar-refractivity contribution is -0.133. The lowest BCUT2D eigenvalue weighted by Gasteiger charge is -2.31. The summed E-state index contributed by atoms with van der Waals surface area (Å²) in [4.78, 5) is 42.0. The fourth-order valence-electron chi connectivity index (χ4n) is 4.18. The van der Waals surface area contributed by atoms with Gasteiger partial charge in [-0.1, -0.05) is 55.8 Å². The number of likely N-dealkylation sites (N-methyl/N-ethyl adjacent to an activating group) is 1. The molecule has 4 rings (SSSR count). The van der Waals surface area contributed by atoms with Gasteiger partial charge < -0.3 is 15.5 Å². The molecule has 2 aromatic carbocycles. The maximum atomic E-state index is 13.5. The second-order valence-electron chi connectivity index (χ2n) is 8.70. The second-order valence-corrected chi connectivity index (χ2v) is 9.11. The van der Waals surface area contributed by atoms with E-state index in [9.17, 15) is 14.4 Å². The quantitative estimate of drug-likeness (QED) is 0.689. The van der Waals surface area contributed by atoms with E-state index in [1.807, 2.05) is 30.3 Å². The van der Waals surface area contributed by atoms with Gasteiger partial charge in [0.2, 0.25) is 5.91 Å². The Morgan fingerprint density at radius 1 is 1.09 bits per heavy atom. The summed E-state index contributed by atoms with van der Waals surface area (Å²) in [5.74, 6) is -0.191. The number of nitrogens with one attached hydrogen (secondary N) is 2. The molecule has 0 unspecified atom stereocenters. The molecule has 2 aromatic rings. The number of carbonyl (C=O) groups excluding carboxylic acids is 3. The third-order valence-electron chi connectivity index (χ3n) is 6.30. The molecule has 33 heavy (non-hydrogen) atoms. The first-order valence-electron chi connectivity index (χ1n) is 10.9. The Labute approximate surface area is 198 Å². The van der Waals surface area contributed by atoms with Crippen LogP contribution < -0.4 is 10.6 Å². The molecule has 0 radical (unpaired) electrons. The van der Waals surface area contributed by atoms with Crippen LogP contribution >= 0.6 is 11.6 Å². The molecule has 0 saturated carbocycles. The van der Waals surface area contributed by atoms with Crippen LogP contribution in [0.5, 0.6) is 0 Å². The average Bonchev–Trinajstić information content (AvgIpc) is 3.14.